The Morgan fingerprint density at radius 1 is 1.32 bits per heavy atom. The number of hydrogen-bond acceptors (Lipinski definition) is 2. The van der Waals surface area contributed by atoms with Crippen molar-refractivity contribution in [2.75, 3.05) is 0 Å². The number of carboxylic acid groups (broad SMARTS) is 1. The van der Waals surface area contributed by atoms with Crippen molar-refractivity contribution >= 4 is 23.5 Å². The van der Waals surface area contributed by atoms with E-state index in [2.05, 4.69) is 5.32 Å². The number of benzene rings is 1. The van der Waals surface area contributed by atoms with Crippen LogP contribution in [0.1, 0.15) is 36.0 Å². The highest BCUT2D eigenvalue weighted by Crippen LogP contribution is 2.30. The van der Waals surface area contributed by atoms with Gasteiger partial charge in [0.1, 0.15) is 11.4 Å². The molecule has 1 aliphatic rings. The lowest BCUT2D eigenvalue weighted by molar-refractivity contribution is -0.144. The fourth-order valence-electron chi connectivity index (χ4n) is 2.33. The van der Waals surface area contributed by atoms with Gasteiger partial charge in [-0.2, -0.15) is 0 Å². The van der Waals surface area contributed by atoms with Crippen LogP contribution in [-0.2, 0) is 4.79 Å². The van der Waals surface area contributed by atoms with Gasteiger partial charge in [0.15, 0.2) is 0 Å². The summed E-state index contributed by atoms with van der Waals surface area (Å²) in [4.78, 5) is 23.4. The van der Waals surface area contributed by atoms with Crippen molar-refractivity contribution in [1.82, 2.24) is 5.32 Å². The standard InChI is InChI=1S/C13H13ClFNO3/c14-10-7-8(15)3-4-9(10)11(17)16-13(12(18)19)5-1-2-6-13/h3-4,7H,1-2,5-6H2,(H,16,17)(H,18,19). The molecule has 0 saturated heterocycles. The number of nitrogens with one attached hydrogen (secondary N) is 1. The highest BCUT2D eigenvalue weighted by molar-refractivity contribution is 6.33. The Hall–Kier alpha value is -1.62. The van der Waals surface area contributed by atoms with Gasteiger partial charge in [-0.05, 0) is 31.0 Å². The maximum absolute atomic E-state index is 12.9. The van der Waals surface area contributed by atoms with Crippen LogP contribution in [0, 0.1) is 5.82 Å². The first-order valence-electron chi connectivity index (χ1n) is 5.95. The van der Waals surface area contributed by atoms with Crippen molar-refractivity contribution in [3.63, 3.8) is 0 Å². The van der Waals surface area contributed by atoms with Crippen LogP contribution in [-0.4, -0.2) is 22.5 Å². The number of halogens is 2. The first kappa shape index (κ1) is 13.8. The number of carbonyl (C=O) groups excluding carboxylic acids is 1. The lowest BCUT2D eigenvalue weighted by Gasteiger charge is -2.25. The molecule has 1 aliphatic carbocycles. The van der Waals surface area contributed by atoms with E-state index in [4.69, 9.17) is 11.6 Å². The Bertz CT molecular complexity index is 527. The molecule has 2 N–H and O–H groups in total. The largest absolute Gasteiger partial charge is 0.480 e. The van der Waals surface area contributed by atoms with Crippen LogP contribution in [0.5, 0.6) is 0 Å². The maximum Gasteiger partial charge on any atom is 0.329 e. The molecule has 0 aliphatic heterocycles. The number of carboxylic acids is 1. The van der Waals surface area contributed by atoms with Gasteiger partial charge in [0.05, 0.1) is 10.6 Å². The fraction of sp³-hybridized carbons (Fsp3) is 0.385. The van der Waals surface area contributed by atoms with Crippen molar-refractivity contribution in [2.45, 2.75) is 31.2 Å². The van der Waals surface area contributed by atoms with E-state index >= 15 is 0 Å². The molecule has 0 unspecified atom stereocenters. The smallest absolute Gasteiger partial charge is 0.329 e. The van der Waals surface area contributed by atoms with Gasteiger partial charge >= 0.3 is 5.97 Å². The fourth-order valence-corrected chi connectivity index (χ4v) is 2.58. The second-order valence-corrected chi connectivity index (χ2v) is 5.08. The summed E-state index contributed by atoms with van der Waals surface area (Å²) in [6.45, 7) is 0. The van der Waals surface area contributed by atoms with E-state index in [0.717, 1.165) is 25.0 Å². The zero-order chi connectivity index (χ0) is 14.0. The van der Waals surface area contributed by atoms with Crippen LogP contribution in [0.2, 0.25) is 5.02 Å². The molecular formula is C13H13ClFNO3. The van der Waals surface area contributed by atoms with Gasteiger partial charge < -0.3 is 10.4 Å². The number of aliphatic carboxylic acids is 1. The summed E-state index contributed by atoms with van der Waals surface area (Å²) >= 11 is 5.79. The van der Waals surface area contributed by atoms with Crippen LogP contribution in [0.15, 0.2) is 18.2 Å². The van der Waals surface area contributed by atoms with Crippen LogP contribution in [0.25, 0.3) is 0 Å². The van der Waals surface area contributed by atoms with Crippen LogP contribution >= 0.6 is 11.6 Å². The first-order valence-corrected chi connectivity index (χ1v) is 6.33. The second-order valence-electron chi connectivity index (χ2n) is 4.67. The zero-order valence-corrected chi connectivity index (χ0v) is 10.8. The van der Waals surface area contributed by atoms with Gasteiger partial charge in [0, 0.05) is 0 Å². The van der Waals surface area contributed by atoms with Crippen LogP contribution in [0.3, 0.4) is 0 Å². The van der Waals surface area contributed by atoms with E-state index in [0.29, 0.717) is 12.8 Å². The Morgan fingerprint density at radius 2 is 1.95 bits per heavy atom. The predicted molar refractivity (Wildman–Crippen MR) is 67.7 cm³/mol. The van der Waals surface area contributed by atoms with Crippen molar-refractivity contribution in [1.29, 1.82) is 0 Å². The van der Waals surface area contributed by atoms with Crippen molar-refractivity contribution in [2.24, 2.45) is 0 Å². The summed E-state index contributed by atoms with van der Waals surface area (Å²) < 4.78 is 12.9. The second kappa shape index (κ2) is 5.17. The summed E-state index contributed by atoms with van der Waals surface area (Å²) in [6, 6.07) is 3.39. The lowest BCUT2D eigenvalue weighted by Crippen LogP contribution is -2.52. The molecule has 1 aromatic carbocycles. The normalized spacial score (nSPS) is 17.2. The average Bonchev–Trinajstić information content (AvgIpc) is 2.78. The molecule has 4 nitrogen and oxygen atoms in total. The maximum atomic E-state index is 12.9. The summed E-state index contributed by atoms with van der Waals surface area (Å²) in [5.74, 6) is -2.18. The van der Waals surface area contributed by atoms with Gasteiger partial charge in [-0.25, -0.2) is 9.18 Å². The molecule has 0 spiro atoms. The molecule has 0 radical (unpaired) electrons. The van der Waals surface area contributed by atoms with Gasteiger partial charge in [-0.15, -0.1) is 0 Å². The SMILES string of the molecule is O=C(NC1(C(=O)O)CCCC1)c1ccc(F)cc1Cl. The van der Waals surface area contributed by atoms with E-state index < -0.39 is 23.2 Å². The third kappa shape index (κ3) is 2.71. The number of amides is 1. The average molecular weight is 286 g/mol. The molecular weight excluding hydrogens is 273 g/mol. The van der Waals surface area contributed by atoms with E-state index in [1.165, 1.54) is 6.07 Å². The van der Waals surface area contributed by atoms with E-state index in [-0.39, 0.29) is 10.6 Å². The quantitative estimate of drug-likeness (QED) is 0.897. The highest BCUT2D eigenvalue weighted by Gasteiger charge is 2.42. The molecule has 0 heterocycles. The molecule has 1 saturated carbocycles. The van der Waals surface area contributed by atoms with Crippen LogP contribution < -0.4 is 5.32 Å². The minimum Gasteiger partial charge on any atom is -0.480 e. The zero-order valence-electron chi connectivity index (χ0n) is 10.1. The van der Waals surface area contributed by atoms with E-state index in [9.17, 15) is 19.1 Å². The molecule has 1 fully saturated rings. The number of hydrogen-bond donors (Lipinski definition) is 2. The Kier molecular flexibility index (Phi) is 3.75. The summed E-state index contributed by atoms with van der Waals surface area (Å²) in [5, 5.41) is 11.8. The number of rotatable bonds is 3. The Balaban J connectivity index is 2.22. The lowest BCUT2D eigenvalue weighted by atomic mass is 9.97. The molecule has 19 heavy (non-hydrogen) atoms. The molecule has 1 amide bonds. The minimum atomic E-state index is -1.23. The third-order valence-electron chi connectivity index (χ3n) is 3.40. The molecule has 0 atom stereocenters. The van der Waals surface area contributed by atoms with Gasteiger partial charge in [0.2, 0.25) is 0 Å². The minimum absolute atomic E-state index is 0.0314. The molecule has 2 rings (SSSR count). The molecule has 102 valence electrons. The van der Waals surface area contributed by atoms with Crippen molar-refractivity contribution < 1.29 is 19.1 Å². The summed E-state index contributed by atoms with van der Waals surface area (Å²) in [5.41, 5.74) is -1.15. The third-order valence-corrected chi connectivity index (χ3v) is 3.71. The van der Waals surface area contributed by atoms with Crippen molar-refractivity contribution in [3.05, 3.63) is 34.6 Å². The Morgan fingerprint density at radius 3 is 2.47 bits per heavy atom. The molecule has 1 aromatic rings. The first-order chi connectivity index (χ1) is 8.94. The number of carbonyl (C=O) groups is 2. The predicted octanol–water partition coefficient (Wildman–Crippen LogP) is 2.61. The topological polar surface area (TPSA) is 66.4 Å². The molecule has 0 aromatic heterocycles. The summed E-state index contributed by atoms with van der Waals surface area (Å²) in [7, 11) is 0. The van der Waals surface area contributed by atoms with Gasteiger partial charge in [0.25, 0.3) is 5.91 Å². The monoisotopic (exact) mass is 285 g/mol. The summed E-state index contributed by atoms with van der Waals surface area (Å²) in [6.07, 6.45) is 2.30. The van der Waals surface area contributed by atoms with Crippen LogP contribution in [0.4, 0.5) is 4.39 Å². The highest BCUT2D eigenvalue weighted by atomic mass is 35.5. The van der Waals surface area contributed by atoms with Gasteiger partial charge in [-0.3, -0.25) is 4.79 Å². The molecule has 6 heteroatoms. The Labute approximate surface area is 114 Å². The van der Waals surface area contributed by atoms with Crippen molar-refractivity contribution in [3.8, 4) is 0 Å². The van der Waals surface area contributed by atoms with Gasteiger partial charge in [-0.1, -0.05) is 24.4 Å². The van der Waals surface area contributed by atoms with E-state index in [1.54, 1.807) is 0 Å². The van der Waals surface area contributed by atoms with E-state index in [1.807, 2.05) is 0 Å². The molecule has 0 bridgehead atoms.